The topological polar surface area (TPSA) is 64.0 Å². The Morgan fingerprint density at radius 1 is 1.59 bits per heavy atom. The van der Waals surface area contributed by atoms with Gasteiger partial charge in [-0.05, 0) is 6.42 Å². The molecule has 6 heteroatoms. The molecule has 1 aromatic rings. The summed E-state index contributed by atoms with van der Waals surface area (Å²) in [5, 5.41) is 8.69. The lowest BCUT2D eigenvalue weighted by Crippen LogP contribution is -2.29. The van der Waals surface area contributed by atoms with Crippen LogP contribution in [0, 0.1) is 0 Å². The SMILES string of the molecule is CCCn1cc(CNC2C=CS(=O)(=O)C2)cn1. The molecule has 0 spiro atoms. The highest BCUT2D eigenvalue weighted by Gasteiger charge is 2.20. The molecule has 0 fully saturated rings. The molecule has 0 bridgehead atoms. The minimum Gasteiger partial charge on any atom is -0.305 e. The van der Waals surface area contributed by atoms with Crippen LogP contribution in [-0.4, -0.2) is 30.0 Å². The van der Waals surface area contributed by atoms with Gasteiger partial charge in [0.05, 0.1) is 11.9 Å². The summed E-state index contributed by atoms with van der Waals surface area (Å²) in [6.45, 7) is 3.67. The fraction of sp³-hybridized carbons (Fsp3) is 0.545. The summed E-state index contributed by atoms with van der Waals surface area (Å²) in [6, 6.07) is -0.0745. The molecule has 94 valence electrons. The van der Waals surface area contributed by atoms with E-state index < -0.39 is 9.84 Å². The van der Waals surface area contributed by atoms with Crippen LogP contribution >= 0.6 is 0 Å². The van der Waals surface area contributed by atoms with E-state index in [1.165, 1.54) is 5.41 Å². The molecule has 1 atom stereocenters. The molecular formula is C11H17N3O2S. The van der Waals surface area contributed by atoms with E-state index in [9.17, 15) is 8.42 Å². The predicted octanol–water partition coefficient (Wildman–Crippen LogP) is 0.693. The Labute approximate surface area is 101 Å². The monoisotopic (exact) mass is 255 g/mol. The van der Waals surface area contributed by atoms with Gasteiger partial charge in [-0.25, -0.2) is 8.42 Å². The molecule has 17 heavy (non-hydrogen) atoms. The number of hydrogen-bond donors (Lipinski definition) is 1. The van der Waals surface area contributed by atoms with E-state index >= 15 is 0 Å². The van der Waals surface area contributed by atoms with Crippen molar-refractivity contribution in [3.05, 3.63) is 29.4 Å². The Morgan fingerprint density at radius 2 is 2.41 bits per heavy atom. The van der Waals surface area contributed by atoms with Crippen LogP contribution in [0.2, 0.25) is 0 Å². The number of rotatable bonds is 5. The standard InChI is InChI=1S/C11H17N3O2S/c1-2-4-14-8-10(7-13-14)6-12-11-3-5-17(15,16)9-11/h3,5,7-8,11-12H,2,4,6,9H2,1H3. The fourth-order valence-corrected chi connectivity index (χ4v) is 3.07. The summed E-state index contributed by atoms with van der Waals surface area (Å²) in [6.07, 6.45) is 6.56. The van der Waals surface area contributed by atoms with Crippen LogP contribution in [0.3, 0.4) is 0 Å². The molecule has 0 amide bonds. The van der Waals surface area contributed by atoms with Crippen molar-refractivity contribution in [2.24, 2.45) is 0 Å². The van der Waals surface area contributed by atoms with Gasteiger partial charge < -0.3 is 5.32 Å². The maximum Gasteiger partial charge on any atom is 0.173 e. The van der Waals surface area contributed by atoms with Crippen molar-refractivity contribution in [1.29, 1.82) is 0 Å². The molecule has 1 aliphatic heterocycles. The zero-order chi connectivity index (χ0) is 12.3. The van der Waals surface area contributed by atoms with Gasteiger partial charge in [-0.1, -0.05) is 13.0 Å². The van der Waals surface area contributed by atoms with Crippen LogP contribution in [0.25, 0.3) is 0 Å². The highest BCUT2D eigenvalue weighted by atomic mass is 32.2. The second-order valence-corrected chi connectivity index (χ2v) is 6.19. The van der Waals surface area contributed by atoms with Gasteiger partial charge in [-0.2, -0.15) is 5.10 Å². The molecule has 0 saturated heterocycles. The first-order chi connectivity index (χ1) is 8.09. The minimum absolute atomic E-state index is 0.0745. The minimum atomic E-state index is -2.97. The van der Waals surface area contributed by atoms with Crippen molar-refractivity contribution in [2.45, 2.75) is 32.5 Å². The van der Waals surface area contributed by atoms with E-state index in [1.54, 1.807) is 6.08 Å². The second kappa shape index (κ2) is 5.01. The van der Waals surface area contributed by atoms with E-state index in [0.29, 0.717) is 6.54 Å². The van der Waals surface area contributed by atoms with Crippen molar-refractivity contribution in [2.75, 3.05) is 5.75 Å². The van der Waals surface area contributed by atoms with Gasteiger partial charge >= 0.3 is 0 Å². The Morgan fingerprint density at radius 3 is 3.06 bits per heavy atom. The first-order valence-corrected chi connectivity index (χ1v) is 7.46. The average Bonchev–Trinajstić information content (AvgIpc) is 2.83. The molecule has 1 aliphatic rings. The summed E-state index contributed by atoms with van der Waals surface area (Å²) in [5.41, 5.74) is 1.08. The van der Waals surface area contributed by atoms with Crippen LogP contribution in [0.15, 0.2) is 23.9 Å². The quantitative estimate of drug-likeness (QED) is 0.841. The predicted molar refractivity (Wildman–Crippen MR) is 66.1 cm³/mol. The number of sulfone groups is 1. The van der Waals surface area contributed by atoms with Gasteiger partial charge in [0.1, 0.15) is 0 Å². The Bertz CT molecular complexity index is 505. The largest absolute Gasteiger partial charge is 0.305 e. The molecule has 2 heterocycles. The van der Waals surface area contributed by atoms with E-state index in [0.717, 1.165) is 18.5 Å². The molecule has 0 aromatic carbocycles. The van der Waals surface area contributed by atoms with E-state index in [4.69, 9.17) is 0 Å². The number of nitrogens with one attached hydrogen (secondary N) is 1. The van der Waals surface area contributed by atoms with Crippen LogP contribution in [-0.2, 0) is 22.9 Å². The molecule has 0 radical (unpaired) electrons. The Kier molecular flexibility index (Phi) is 3.63. The summed E-state index contributed by atoms with van der Waals surface area (Å²) >= 11 is 0. The number of aromatic nitrogens is 2. The second-order valence-electron chi connectivity index (χ2n) is 4.26. The lowest BCUT2D eigenvalue weighted by Gasteiger charge is -2.07. The first-order valence-electron chi connectivity index (χ1n) is 5.75. The zero-order valence-electron chi connectivity index (χ0n) is 9.83. The van der Waals surface area contributed by atoms with Crippen LogP contribution in [0.5, 0.6) is 0 Å². The van der Waals surface area contributed by atoms with Gasteiger partial charge in [-0.15, -0.1) is 0 Å². The van der Waals surface area contributed by atoms with Crippen LogP contribution in [0.4, 0.5) is 0 Å². The molecular weight excluding hydrogens is 238 g/mol. The van der Waals surface area contributed by atoms with Crippen molar-refractivity contribution in [3.8, 4) is 0 Å². The first kappa shape index (κ1) is 12.3. The molecule has 5 nitrogen and oxygen atoms in total. The molecule has 1 aromatic heterocycles. The summed E-state index contributed by atoms with van der Waals surface area (Å²) < 4.78 is 24.3. The average molecular weight is 255 g/mol. The third kappa shape index (κ3) is 3.41. The smallest absolute Gasteiger partial charge is 0.173 e. The van der Waals surface area contributed by atoms with E-state index in [2.05, 4.69) is 17.3 Å². The van der Waals surface area contributed by atoms with Gasteiger partial charge in [0.2, 0.25) is 0 Å². The molecule has 1 N–H and O–H groups in total. The maximum atomic E-state index is 11.2. The van der Waals surface area contributed by atoms with Crippen LogP contribution < -0.4 is 5.32 Å². The number of nitrogens with zero attached hydrogens (tertiary/aromatic N) is 2. The zero-order valence-corrected chi connectivity index (χ0v) is 10.7. The lowest BCUT2D eigenvalue weighted by molar-refractivity contribution is 0.588. The Hall–Kier alpha value is -1.14. The van der Waals surface area contributed by atoms with Gasteiger partial charge in [0.25, 0.3) is 0 Å². The third-order valence-electron chi connectivity index (χ3n) is 2.64. The molecule has 0 saturated carbocycles. The molecule has 0 aliphatic carbocycles. The van der Waals surface area contributed by atoms with E-state index in [1.807, 2.05) is 17.1 Å². The van der Waals surface area contributed by atoms with Crippen molar-refractivity contribution < 1.29 is 8.42 Å². The summed E-state index contributed by atoms with van der Waals surface area (Å²) in [5.74, 6) is 0.163. The summed E-state index contributed by atoms with van der Waals surface area (Å²) in [7, 11) is -2.97. The van der Waals surface area contributed by atoms with Crippen molar-refractivity contribution in [1.82, 2.24) is 15.1 Å². The van der Waals surface area contributed by atoms with Gasteiger partial charge in [-0.3, -0.25) is 4.68 Å². The maximum absolute atomic E-state index is 11.2. The molecule has 1 unspecified atom stereocenters. The van der Waals surface area contributed by atoms with Gasteiger partial charge in [0.15, 0.2) is 9.84 Å². The number of aryl methyl sites for hydroxylation is 1. The highest BCUT2D eigenvalue weighted by molar-refractivity contribution is 7.94. The normalized spacial score (nSPS) is 22.1. The van der Waals surface area contributed by atoms with Crippen molar-refractivity contribution >= 4 is 9.84 Å². The van der Waals surface area contributed by atoms with E-state index in [-0.39, 0.29) is 11.8 Å². The fourth-order valence-electron chi connectivity index (χ4n) is 1.80. The van der Waals surface area contributed by atoms with Gasteiger partial charge in [0, 0.05) is 36.3 Å². The Balaban J connectivity index is 1.84. The van der Waals surface area contributed by atoms with Crippen LogP contribution in [0.1, 0.15) is 18.9 Å². The molecule has 2 rings (SSSR count). The lowest BCUT2D eigenvalue weighted by atomic mass is 10.3. The summed E-state index contributed by atoms with van der Waals surface area (Å²) in [4.78, 5) is 0. The highest BCUT2D eigenvalue weighted by Crippen LogP contribution is 2.08. The van der Waals surface area contributed by atoms with Crippen molar-refractivity contribution in [3.63, 3.8) is 0 Å². The number of hydrogen-bond acceptors (Lipinski definition) is 4. The third-order valence-corrected chi connectivity index (χ3v) is 4.03.